The van der Waals surface area contributed by atoms with E-state index >= 15 is 0 Å². The topological polar surface area (TPSA) is 32.3 Å². The van der Waals surface area contributed by atoms with Gasteiger partial charge in [-0.15, -0.1) is 0 Å². The fourth-order valence-electron chi connectivity index (χ4n) is 1.75. The Kier molecular flexibility index (Phi) is 7.27. The van der Waals surface area contributed by atoms with E-state index in [0.29, 0.717) is 5.75 Å². The third kappa shape index (κ3) is 7.08. The molecule has 0 bridgehead atoms. The van der Waals surface area contributed by atoms with Gasteiger partial charge in [-0.3, -0.25) is 0 Å². The molecule has 112 valence electrons. The minimum absolute atomic E-state index is 0.0681. The van der Waals surface area contributed by atoms with Crippen LogP contribution in [0.15, 0.2) is 36.4 Å². The molecule has 2 nitrogen and oxygen atoms in total. The Morgan fingerprint density at radius 2 is 1.95 bits per heavy atom. The Hall–Kier alpha value is -0.840. The fourth-order valence-corrected chi connectivity index (χ4v) is 2.02. The fraction of sp³-hybridized carbons (Fsp3) is 0.500. The predicted molar refractivity (Wildman–Crippen MR) is 85.4 cm³/mol. The molecule has 0 heterocycles. The van der Waals surface area contributed by atoms with Gasteiger partial charge in [0.05, 0.1) is 6.04 Å². The molecule has 0 amide bonds. The summed E-state index contributed by atoms with van der Waals surface area (Å²) in [6, 6.07) is 6.65. The Morgan fingerprint density at radius 1 is 1.30 bits per heavy atom. The highest BCUT2D eigenvalue weighted by molar-refractivity contribution is 7.93. The first-order valence-corrected chi connectivity index (χ1v) is 7.81. The highest BCUT2D eigenvalue weighted by atomic mass is 32.2. The maximum Gasteiger partial charge on any atom is 0.123 e. The van der Waals surface area contributed by atoms with Gasteiger partial charge in [-0.05, 0) is 48.1 Å². The van der Waals surface area contributed by atoms with Gasteiger partial charge in [0.2, 0.25) is 0 Å². The zero-order chi connectivity index (χ0) is 15.0. The standard InChI is InChI=1S/C16H24FNOS/c1-16(2,3)10-9-15(18-11-4-12-20-19)13-5-7-14(17)8-6-13/h5-10,15,18-19H,4,11-12H2,1-3H3/b10-9+. The van der Waals surface area contributed by atoms with Gasteiger partial charge >= 0.3 is 0 Å². The van der Waals surface area contributed by atoms with Crippen LogP contribution in [0.5, 0.6) is 0 Å². The van der Waals surface area contributed by atoms with Gasteiger partial charge in [0.25, 0.3) is 0 Å². The first-order valence-electron chi connectivity index (χ1n) is 6.87. The minimum atomic E-state index is -0.219. The normalized spacial score (nSPS) is 13.8. The summed E-state index contributed by atoms with van der Waals surface area (Å²) < 4.78 is 21.7. The highest BCUT2D eigenvalue weighted by Gasteiger charge is 2.10. The molecule has 1 rings (SSSR count). The maximum absolute atomic E-state index is 13.0. The number of rotatable bonds is 7. The SMILES string of the molecule is CC(C)(C)/C=C/C(NCCCSO)c1ccc(F)cc1. The van der Waals surface area contributed by atoms with Crippen molar-refractivity contribution in [2.75, 3.05) is 12.3 Å². The van der Waals surface area contributed by atoms with Crippen LogP contribution in [0.25, 0.3) is 0 Å². The van der Waals surface area contributed by atoms with Gasteiger partial charge < -0.3 is 9.87 Å². The summed E-state index contributed by atoms with van der Waals surface area (Å²) in [6.45, 7) is 7.25. The molecule has 1 aromatic carbocycles. The van der Waals surface area contributed by atoms with E-state index in [2.05, 4.69) is 38.2 Å². The second kappa shape index (κ2) is 8.45. The number of allylic oxidation sites excluding steroid dienone is 1. The molecule has 0 aliphatic heterocycles. The van der Waals surface area contributed by atoms with Crippen LogP contribution in [0.3, 0.4) is 0 Å². The van der Waals surface area contributed by atoms with Crippen molar-refractivity contribution < 1.29 is 8.94 Å². The zero-order valence-corrected chi connectivity index (χ0v) is 13.2. The van der Waals surface area contributed by atoms with E-state index < -0.39 is 0 Å². The van der Waals surface area contributed by atoms with Crippen LogP contribution in [0.2, 0.25) is 0 Å². The van der Waals surface area contributed by atoms with Crippen molar-refractivity contribution in [3.8, 4) is 0 Å². The van der Waals surface area contributed by atoms with Crippen LogP contribution in [0.4, 0.5) is 4.39 Å². The predicted octanol–water partition coefficient (Wildman–Crippen LogP) is 4.66. The molecule has 0 radical (unpaired) electrons. The lowest BCUT2D eigenvalue weighted by Crippen LogP contribution is -2.21. The number of halogens is 1. The van der Waals surface area contributed by atoms with Crippen molar-refractivity contribution >= 4 is 12.0 Å². The van der Waals surface area contributed by atoms with E-state index in [1.165, 1.54) is 12.1 Å². The molecule has 0 aliphatic carbocycles. The summed E-state index contributed by atoms with van der Waals surface area (Å²) >= 11 is 0.861. The van der Waals surface area contributed by atoms with Crippen molar-refractivity contribution in [2.24, 2.45) is 5.41 Å². The summed E-state index contributed by atoms with van der Waals surface area (Å²) in [7, 11) is 0. The van der Waals surface area contributed by atoms with Crippen molar-refractivity contribution in [3.05, 3.63) is 47.8 Å². The molecular formula is C16H24FNOS. The molecule has 1 aromatic rings. The zero-order valence-electron chi connectivity index (χ0n) is 12.4. The molecule has 1 unspecified atom stereocenters. The first-order chi connectivity index (χ1) is 9.42. The highest BCUT2D eigenvalue weighted by Crippen LogP contribution is 2.20. The van der Waals surface area contributed by atoms with Crippen molar-refractivity contribution in [1.82, 2.24) is 5.32 Å². The molecule has 20 heavy (non-hydrogen) atoms. The summed E-state index contributed by atoms with van der Waals surface area (Å²) in [6.07, 6.45) is 5.18. The van der Waals surface area contributed by atoms with Crippen LogP contribution in [0.1, 0.15) is 38.8 Å². The Morgan fingerprint density at radius 3 is 2.50 bits per heavy atom. The van der Waals surface area contributed by atoms with Crippen LogP contribution >= 0.6 is 12.0 Å². The van der Waals surface area contributed by atoms with E-state index in [1.54, 1.807) is 12.1 Å². The average molecular weight is 297 g/mol. The van der Waals surface area contributed by atoms with Gasteiger partial charge in [-0.25, -0.2) is 4.39 Å². The largest absolute Gasteiger partial charge is 0.330 e. The minimum Gasteiger partial charge on any atom is -0.330 e. The molecular weight excluding hydrogens is 273 g/mol. The Bertz CT molecular complexity index is 411. The van der Waals surface area contributed by atoms with E-state index in [9.17, 15) is 4.39 Å². The molecule has 4 heteroatoms. The van der Waals surface area contributed by atoms with Crippen LogP contribution in [-0.2, 0) is 0 Å². The summed E-state index contributed by atoms with van der Waals surface area (Å²) in [5.74, 6) is 0.496. The van der Waals surface area contributed by atoms with Gasteiger partial charge in [0.15, 0.2) is 0 Å². The lowest BCUT2D eigenvalue weighted by molar-refractivity contribution is 0.532. The smallest absolute Gasteiger partial charge is 0.123 e. The number of hydrogen-bond acceptors (Lipinski definition) is 3. The van der Waals surface area contributed by atoms with Gasteiger partial charge in [-0.1, -0.05) is 45.1 Å². The Labute approximate surface area is 125 Å². The molecule has 0 spiro atoms. The molecule has 0 saturated heterocycles. The van der Waals surface area contributed by atoms with Crippen molar-refractivity contribution in [3.63, 3.8) is 0 Å². The van der Waals surface area contributed by atoms with E-state index in [1.807, 2.05) is 0 Å². The summed E-state index contributed by atoms with van der Waals surface area (Å²) in [5.41, 5.74) is 1.16. The van der Waals surface area contributed by atoms with Gasteiger partial charge in [0, 0.05) is 5.75 Å². The van der Waals surface area contributed by atoms with Crippen LogP contribution in [0, 0.1) is 11.2 Å². The average Bonchev–Trinajstić information content (AvgIpc) is 2.38. The van der Waals surface area contributed by atoms with Gasteiger partial charge in [-0.2, -0.15) is 0 Å². The van der Waals surface area contributed by atoms with E-state index in [0.717, 1.165) is 30.6 Å². The van der Waals surface area contributed by atoms with Crippen molar-refractivity contribution in [2.45, 2.75) is 33.2 Å². The quantitative estimate of drug-likeness (QED) is 0.436. The maximum atomic E-state index is 13.0. The van der Waals surface area contributed by atoms with Crippen LogP contribution < -0.4 is 5.32 Å². The molecule has 2 N–H and O–H groups in total. The Balaban J connectivity index is 2.73. The molecule has 0 fully saturated rings. The lowest BCUT2D eigenvalue weighted by atomic mass is 9.94. The number of benzene rings is 1. The molecule has 1 atom stereocenters. The second-order valence-corrected chi connectivity index (χ2v) is 6.56. The van der Waals surface area contributed by atoms with Crippen molar-refractivity contribution in [1.29, 1.82) is 0 Å². The summed E-state index contributed by atoms with van der Waals surface area (Å²) in [5, 5.41) is 3.43. The third-order valence-electron chi connectivity index (χ3n) is 2.79. The van der Waals surface area contributed by atoms with E-state index in [-0.39, 0.29) is 17.3 Å². The summed E-state index contributed by atoms with van der Waals surface area (Å²) in [4.78, 5) is 0. The molecule has 0 aromatic heterocycles. The molecule has 0 saturated carbocycles. The first kappa shape index (κ1) is 17.2. The lowest BCUT2D eigenvalue weighted by Gasteiger charge is -2.18. The second-order valence-electron chi connectivity index (χ2n) is 5.90. The third-order valence-corrected chi connectivity index (χ3v) is 3.27. The monoisotopic (exact) mass is 297 g/mol. The van der Waals surface area contributed by atoms with Gasteiger partial charge in [0.1, 0.15) is 5.82 Å². The molecule has 0 aliphatic rings. The number of nitrogens with one attached hydrogen (secondary N) is 1. The van der Waals surface area contributed by atoms with Crippen LogP contribution in [-0.4, -0.2) is 16.9 Å². The van der Waals surface area contributed by atoms with E-state index in [4.69, 9.17) is 4.55 Å². The number of hydrogen-bond donors (Lipinski definition) is 2.